The van der Waals surface area contributed by atoms with Gasteiger partial charge in [0, 0.05) is 12.8 Å². The lowest BCUT2D eigenvalue weighted by atomic mass is 10.1. The number of nitrogens with one attached hydrogen (secondary N) is 3. The van der Waals surface area contributed by atoms with E-state index in [1.165, 1.54) is 0 Å². The SMILES string of the molecule is CCc1nc(C(=O)NC2CCC(=O)NC2=O)n[nH]1. The summed E-state index contributed by atoms with van der Waals surface area (Å²) in [6, 6.07) is -0.709. The zero-order valence-electron chi connectivity index (χ0n) is 9.82. The average molecular weight is 251 g/mol. The van der Waals surface area contributed by atoms with E-state index in [1.54, 1.807) is 0 Å². The van der Waals surface area contributed by atoms with Crippen LogP contribution in [0.3, 0.4) is 0 Å². The minimum atomic E-state index is -0.709. The fourth-order valence-corrected chi connectivity index (χ4v) is 1.61. The Kier molecular flexibility index (Phi) is 3.35. The first-order valence-corrected chi connectivity index (χ1v) is 5.66. The van der Waals surface area contributed by atoms with E-state index in [0.717, 1.165) is 0 Å². The maximum Gasteiger partial charge on any atom is 0.291 e. The van der Waals surface area contributed by atoms with Gasteiger partial charge in [0.15, 0.2) is 0 Å². The number of aromatic amines is 1. The van der Waals surface area contributed by atoms with Gasteiger partial charge < -0.3 is 5.32 Å². The van der Waals surface area contributed by atoms with Crippen LogP contribution in [0.5, 0.6) is 0 Å². The molecule has 1 saturated heterocycles. The molecule has 8 heteroatoms. The molecule has 8 nitrogen and oxygen atoms in total. The number of hydrogen-bond acceptors (Lipinski definition) is 5. The first-order chi connectivity index (χ1) is 8.60. The highest BCUT2D eigenvalue weighted by Crippen LogP contribution is 2.05. The van der Waals surface area contributed by atoms with Crippen molar-refractivity contribution in [3.8, 4) is 0 Å². The van der Waals surface area contributed by atoms with Crippen LogP contribution in [-0.4, -0.2) is 38.9 Å². The van der Waals surface area contributed by atoms with Gasteiger partial charge in [-0.05, 0) is 6.42 Å². The molecule has 1 fully saturated rings. The molecule has 3 amide bonds. The molecule has 1 aliphatic rings. The second kappa shape index (κ2) is 4.94. The maximum atomic E-state index is 11.7. The van der Waals surface area contributed by atoms with E-state index in [0.29, 0.717) is 18.7 Å². The van der Waals surface area contributed by atoms with E-state index in [9.17, 15) is 14.4 Å². The van der Waals surface area contributed by atoms with Crippen molar-refractivity contribution < 1.29 is 14.4 Å². The molecule has 1 aliphatic heterocycles. The Morgan fingerprint density at radius 2 is 2.28 bits per heavy atom. The standard InChI is InChI=1S/C10H13N5O3/c1-2-6-12-8(15-14-6)10(18)11-5-3-4-7(16)13-9(5)17/h5H,2-4H2,1H3,(H,11,18)(H,12,14,15)(H,13,16,17). The number of aryl methyl sites for hydroxylation is 1. The molecule has 0 radical (unpaired) electrons. The molecule has 0 aromatic carbocycles. The number of hydrogen-bond donors (Lipinski definition) is 3. The third-order valence-electron chi connectivity index (χ3n) is 2.61. The smallest absolute Gasteiger partial charge is 0.291 e. The second-order valence-corrected chi connectivity index (χ2v) is 3.94. The highest BCUT2D eigenvalue weighted by Gasteiger charge is 2.28. The molecule has 2 rings (SSSR count). The Hall–Kier alpha value is -2.25. The number of amides is 3. The van der Waals surface area contributed by atoms with Crippen LogP contribution >= 0.6 is 0 Å². The lowest BCUT2D eigenvalue weighted by Gasteiger charge is -2.20. The van der Waals surface area contributed by atoms with Crippen LogP contribution in [0, 0.1) is 0 Å². The molecule has 0 aliphatic carbocycles. The van der Waals surface area contributed by atoms with Crippen LogP contribution in [0.2, 0.25) is 0 Å². The quantitative estimate of drug-likeness (QED) is 0.590. The van der Waals surface area contributed by atoms with Gasteiger partial charge in [-0.25, -0.2) is 4.98 Å². The number of rotatable bonds is 3. The normalized spacial score (nSPS) is 19.5. The van der Waals surface area contributed by atoms with E-state index < -0.39 is 17.9 Å². The number of aromatic nitrogens is 3. The Labute approximate surface area is 103 Å². The number of carbonyl (C=O) groups excluding carboxylic acids is 3. The minimum Gasteiger partial charge on any atom is -0.337 e. The summed E-state index contributed by atoms with van der Waals surface area (Å²) in [6.45, 7) is 1.88. The third kappa shape index (κ3) is 2.53. The Bertz CT molecular complexity index is 495. The first kappa shape index (κ1) is 12.2. The van der Waals surface area contributed by atoms with E-state index in [1.807, 2.05) is 6.92 Å². The molecule has 1 aromatic heterocycles. The largest absolute Gasteiger partial charge is 0.337 e. The molecule has 1 aromatic rings. The van der Waals surface area contributed by atoms with Crippen LogP contribution in [-0.2, 0) is 16.0 Å². The minimum absolute atomic E-state index is 0.00319. The molecular weight excluding hydrogens is 238 g/mol. The van der Waals surface area contributed by atoms with Crippen LogP contribution in [0.25, 0.3) is 0 Å². The lowest BCUT2D eigenvalue weighted by molar-refractivity contribution is -0.134. The van der Waals surface area contributed by atoms with Gasteiger partial charge in [-0.2, -0.15) is 0 Å². The molecule has 96 valence electrons. The predicted molar refractivity (Wildman–Crippen MR) is 59.4 cm³/mol. The van der Waals surface area contributed by atoms with Gasteiger partial charge in [-0.1, -0.05) is 6.92 Å². The third-order valence-corrected chi connectivity index (χ3v) is 2.61. The Balaban J connectivity index is 1.99. The Morgan fingerprint density at radius 3 is 2.89 bits per heavy atom. The van der Waals surface area contributed by atoms with Crippen molar-refractivity contribution in [3.05, 3.63) is 11.6 Å². The van der Waals surface area contributed by atoms with Crippen molar-refractivity contribution >= 4 is 17.7 Å². The van der Waals surface area contributed by atoms with Gasteiger partial charge in [0.25, 0.3) is 5.91 Å². The molecule has 0 bridgehead atoms. The molecule has 3 N–H and O–H groups in total. The van der Waals surface area contributed by atoms with Crippen molar-refractivity contribution in [2.24, 2.45) is 0 Å². The van der Waals surface area contributed by atoms with Gasteiger partial charge in [0.05, 0.1) is 0 Å². The molecule has 1 atom stereocenters. The van der Waals surface area contributed by atoms with Crippen molar-refractivity contribution in [1.82, 2.24) is 25.8 Å². The molecule has 1 unspecified atom stereocenters. The number of nitrogens with zero attached hydrogens (tertiary/aromatic N) is 2. The summed E-state index contributed by atoms with van der Waals surface area (Å²) in [4.78, 5) is 38.1. The van der Waals surface area contributed by atoms with Crippen molar-refractivity contribution in [1.29, 1.82) is 0 Å². The predicted octanol–water partition coefficient (Wildman–Crippen LogP) is -1.10. The van der Waals surface area contributed by atoms with Gasteiger partial charge in [-0.3, -0.25) is 24.8 Å². The highest BCUT2D eigenvalue weighted by molar-refractivity contribution is 6.02. The maximum absolute atomic E-state index is 11.7. The van der Waals surface area contributed by atoms with Crippen LogP contribution < -0.4 is 10.6 Å². The number of H-pyrrole nitrogens is 1. The molecular formula is C10H13N5O3. The van der Waals surface area contributed by atoms with Gasteiger partial charge >= 0.3 is 0 Å². The summed E-state index contributed by atoms with van der Waals surface area (Å²) >= 11 is 0. The highest BCUT2D eigenvalue weighted by atomic mass is 16.2. The van der Waals surface area contributed by atoms with E-state index in [2.05, 4.69) is 25.8 Å². The molecule has 0 spiro atoms. The number of piperidine rings is 1. The number of imide groups is 1. The summed E-state index contributed by atoms with van der Waals surface area (Å²) in [5.74, 6) is -0.747. The van der Waals surface area contributed by atoms with Gasteiger partial charge in [0.2, 0.25) is 17.6 Å². The van der Waals surface area contributed by atoms with E-state index in [4.69, 9.17) is 0 Å². The summed E-state index contributed by atoms with van der Waals surface area (Å²) in [6.07, 6.45) is 1.14. The lowest BCUT2D eigenvalue weighted by Crippen LogP contribution is -2.52. The van der Waals surface area contributed by atoms with Crippen LogP contribution in [0.4, 0.5) is 0 Å². The van der Waals surface area contributed by atoms with Crippen molar-refractivity contribution in [2.75, 3.05) is 0 Å². The second-order valence-electron chi connectivity index (χ2n) is 3.94. The zero-order chi connectivity index (χ0) is 13.1. The van der Waals surface area contributed by atoms with Crippen LogP contribution in [0.15, 0.2) is 0 Å². The molecule has 2 heterocycles. The summed E-state index contributed by atoms with van der Waals surface area (Å²) in [7, 11) is 0. The van der Waals surface area contributed by atoms with E-state index in [-0.39, 0.29) is 18.2 Å². The zero-order valence-corrected chi connectivity index (χ0v) is 9.82. The van der Waals surface area contributed by atoms with Gasteiger partial charge in [0.1, 0.15) is 11.9 Å². The fourth-order valence-electron chi connectivity index (χ4n) is 1.61. The first-order valence-electron chi connectivity index (χ1n) is 5.66. The summed E-state index contributed by atoms with van der Waals surface area (Å²) in [5, 5.41) is 11.0. The fraction of sp³-hybridized carbons (Fsp3) is 0.500. The number of carbonyl (C=O) groups is 3. The van der Waals surface area contributed by atoms with Crippen molar-refractivity contribution in [3.63, 3.8) is 0 Å². The van der Waals surface area contributed by atoms with Crippen LogP contribution in [0.1, 0.15) is 36.2 Å². The molecule has 18 heavy (non-hydrogen) atoms. The average Bonchev–Trinajstić information content (AvgIpc) is 2.81. The summed E-state index contributed by atoms with van der Waals surface area (Å²) in [5.41, 5.74) is 0. The van der Waals surface area contributed by atoms with E-state index >= 15 is 0 Å². The summed E-state index contributed by atoms with van der Waals surface area (Å²) < 4.78 is 0. The van der Waals surface area contributed by atoms with Gasteiger partial charge in [-0.15, -0.1) is 5.10 Å². The molecule has 0 saturated carbocycles. The Morgan fingerprint density at radius 1 is 1.50 bits per heavy atom. The monoisotopic (exact) mass is 251 g/mol. The topological polar surface area (TPSA) is 117 Å². The van der Waals surface area contributed by atoms with Crippen molar-refractivity contribution in [2.45, 2.75) is 32.2 Å².